The van der Waals surface area contributed by atoms with E-state index in [1.807, 2.05) is 0 Å². The Morgan fingerprint density at radius 3 is 2.32 bits per heavy atom. The van der Waals surface area contributed by atoms with Gasteiger partial charge in [0, 0.05) is 12.6 Å². The molecular formula is C18H27FN2O3S. The van der Waals surface area contributed by atoms with Gasteiger partial charge in [-0.25, -0.2) is 12.8 Å². The summed E-state index contributed by atoms with van der Waals surface area (Å²) in [4.78, 5) is 12.2. The minimum absolute atomic E-state index is 0.0830. The summed E-state index contributed by atoms with van der Waals surface area (Å²) in [5.74, 6) is -0.586. The molecule has 2 rings (SSSR count). The van der Waals surface area contributed by atoms with Gasteiger partial charge in [0.15, 0.2) is 0 Å². The molecule has 140 valence electrons. The first kappa shape index (κ1) is 19.8. The largest absolute Gasteiger partial charge is 0.355 e. The number of hydrogen-bond donors (Lipinski definition) is 1. The molecular weight excluding hydrogens is 343 g/mol. The molecule has 25 heavy (non-hydrogen) atoms. The molecule has 1 aromatic carbocycles. The van der Waals surface area contributed by atoms with Crippen LogP contribution in [0.1, 0.15) is 44.1 Å². The minimum atomic E-state index is -3.43. The van der Waals surface area contributed by atoms with Crippen molar-refractivity contribution in [2.45, 2.75) is 51.0 Å². The molecule has 1 saturated carbocycles. The smallest absolute Gasteiger partial charge is 0.235 e. The molecule has 0 unspecified atom stereocenters. The Bertz CT molecular complexity index is 653. The molecule has 0 heterocycles. The van der Waals surface area contributed by atoms with Crippen molar-refractivity contribution in [3.05, 3.63) is 35.6 Å². The molecule has 0 atom stereocenters. The summed E-state index contributed by atoms with van der Waals surface area (Å²) >= 11 is 0. The summed E-state index contributed by atoms with van der Waals surface area (Å²) in [5.41, 5.74) is 0.922. The summed E-state index contributed by atoms with van der Waals surface area (Å²) in [6.45, 7) is 0.264. The van der Waals surface area contributed by atoms with Crippen LogP contribution in [0, 0.1) is 5.82 Å². The number of carbonyl (C=O) groups is 1. The number of halogens is 1. The van der Waals surface area contributed by atoms with E-state index in [4.69, 9.17) is 0 Å². The van der Waals surface area contributed by atoms with Crippen molar-refractivity contribution in [2.24, 2.45) is 0 Å². The van der Waals surface area contributed by atoms with Gasteiger partial charge in [0.1, 0.15) is 5.82 Å². The van der Waals surface area contributed by atoms with Crippen molar-refractivity contribution in [3.63, 3.8) is 0 Å². The normalized spacial score (nSPS) is 16.6. The van der Waals surface area contributed by atoms with Gasteiger partial charge in [-0.2, -0.15) is 4.31 Å². The van der Waals surface area contributed by atoms with Crippen LogP contribution in [0.25, 0.3) is 0 Å². The zero-order valence-electron chi connectivity index (χ0n) is 14.7. The Morgan fingerprint density at radius 2 is 1.76 bits per heavy atom. The molecule has 0 aliphatic heterocycles. The first-order valence-corrected chi connectivity index (χ1v) is 10.7. The van der Waals surface area contributed by atoms with Crippen LogP contribution in [0.15, 0.2) is 24.3 Å². The van der Waals surface area contributed by atoms with E-state index in [-0.39, 0.29) is 24.3 Å². The fourth-order valence-electron chi connectivity index (χ4n) is 3.26. The van der Waals surface area contributed by atoms with Gasteiger partial charge < -0.3 is 5.32 Å². The van der Waals surface area contributed by atoms with Crippen LogP contribution < -0.4 is 5.32 Å². The van der Waals surface area contributed by atoms with E-state index < -0.39 is 10.0 Å². The lowest BCUT2D eigenvalue weighted by Crippen LogP contribution is -2.46. The third-order valence-electron chi connectivity index (χ3n) is 4.61. The van der Waals surface area contributed by atoms with Crippen LogP contribution in [0.4, 0.5) is 4.39 Å². The maximum Gasteiger partial charge on any atom is 0.235 e. The molecule has 5 nitrogen and oxygen atoms in total. The standard InChI is InChI=1S/C18H27FN2O3S/c1-25(23,24)21(17-6-4-2-3-5-7-17)14-18(22)20-13-12-15-8-10-16(19)11-9-15/h8-11,17H,2-7,12-14H2,1H3,(H,20,22). The van der Waals surface area contributed by atoms with Gasteiger partial charge in [-0.1, -0.05) is 37.8 Å². The van der Waals surface area contributed by atoms with Gasteiger partial charge in [0.05, 0.1) is 12.8 Å². The highest BCUT2D eigenvalue weighted by Crippen LogP contribution is 2.23. The van der Waals surface area contributed by atoms with Crippen molar-refractivity contribution in [1.82, 2.24) is 9.62 Å². The van der Waals surface area contributed by atoms with Gasteiger partial charge in [0.25, 0.3) is 0 Å². The van der Waals surface area contributed by atoms with Crippen LogP contribution in [0.5, 0.6) is 0 Å². The Labute approximate surface area is 149 Å². The van der Waals surface area contributed by atoms with Crippen LogP contribution in [0.2, 0.25) is 0 Å². The highest BCUT2D eigenvalue weighted by Gasteiger charge is 2.29. The first-order chi connectivity index (χ1) is 11.9. The van der Waals surface area contributed by atoms with E-state index in [2.05, 4.69) is 5.32 Å². The van der Waals surface area contributed by atoms with E-state index >= 15 is 0 Å². The summed E-state index contributed by atoms with van der Waals surface area (Å²) < 4.78 is 38.5. The molecule has 1 aromatic rings. The van der Waals surface area contributed by atoms with Gasteiger partial charge >= 0.3 is 0 Å². The number of nitrogens with one attached hydrogen (secondary N) is 1. The van der Waals surface area contributed by atoms with E-state index in [0.29, 0.717) is 13.0 Å². The fourth-order valence-corrected chi connectivity index (χ4v) is 4.36. The van der Waals surface area contributed by atoms with Crippen LogP contribution >= 0.6 is 0 Å². The summed E-state index contributed by atoms with van der Waals surface area (Å²) in [6.07, 6.45) is 7.63. The molecule has 1 amide bonds. The minimum Gasteiger partial charge on any atom is -0.355 e. The zero-order valence-corrected chi connectivity index (χ0v) is 15.5. The lowest BCUT2D eigenvalue weighted by Gasteiger charge is -2.28. The average Bonchev–Trinajstić information content (AvgIpc) is 2.82. The van der Waals surface area contributed by atoms with Crippen molar-refractivity contribution in [2.75, 3.05) is 19.3 Å². The number of hydrogen-bond acceptors (Lipinski definition) is 3. The third-order valence-corrected chi connectivity index (χ3v) is 5.89. The van der Waals surface area contributed by atoms with E-state index in [1.165, 1.54) is 22.7 Å². The fraction of sp³-hybridized carbons (Fsp3) is 0.611. The zero-order chi connectivity index (χ0) is 18.3. The average molecular weight is 370 g/mol. The first-order valence-electron chi connectivity index (χ1n) is 8.84. The van der Waals surface area contributed by atoms with Crippen LogP contribution in [0.3, 0.4) is 0 Å². The molecule has 0 bridgehead atoms. The van der Waals surface area contributed by atoms with E-state index in [9.17, 15) is 17.6 Å². The predicted molar refractivity (Wildman–Crippen MR) is 96.2 cm³/mol. The van der Waals surface area contributed by atoms with Crippen LogP contribution in [-0.2, 0) is 21.2 Å². The number of benzene rings is 1. The van der Waals surface area contributed by atoms with Crippen molar-refractivity contribution >= 4 is 15.9 Å². The topological polar surface area (TPSA) is 66.5 Å². The van der Waals surface area contributed by atoms with Crippen molar-refractivity contribution < 1.29 is 17.6 Å². The number of rotatable bonds is 7. The molecule has 1 fully saturated rings. The molecule has 7 heteroatoms. The number of sulfonamides is 1. The maximum absolute atomic E-state index is 12.9. The van der Waals surface area contributed by atoms with E-state index in [0.717, 1.165) is 44.1 Å². The Kier molecular flexibility index (Phi) is 7.38. The lowest BCUT2D eigenvalue weighted by atomic mass is 10.1. The second-order valence-corrected chi connectivity index (χ2v) is 8.62. The third kappa shape index (κ3) is 6.74. The highest BCUT2D eigenvalue weighted by atomic mass is 32.2. The Hall–Kier alpha value is -1.47. The SMILES string of the molecule is CS(=O)(=O)N(CC(=O)NCCc1ccc(F)cc1)C1CCCCCC1. The monoisotopic (exact) mass is 370 g/mol. The van der Waals surface area contributed by atoms with Crippen molar-refractivity contribution in [3.8, 4) is 0 Å². The summed E-state index contributed by atoms with van der Waals surface area (Å²) in [6, 6.07) is 6.04. The van der Waals surface area contributed by atoms with Gasteiger partial charge in [-0.05, 0) is 37.0 Å². The predicted octanol–water partition coefficient (Wildman–Crippen LogP) is 2.47. The van der Waals surface area contributed by atoms with E-state index in [1.54, 1.807) is 12.1 Å². The summed E-state index contributed by atoms with van der Waals surface area (Å²) in [7, 11) is -3.43. The van der Waals surface area contributed by atoms with Gasteiger partial charge in [-0.15, -0.1) is 0 Å². The lowest BCUT2D eigenvalue weighted by molar-refractivity contribution is -0.121. The molecule has 0 radical (unpaired) electrons. The molecule has 1 N–H and O–H groups in total. The van der Waals surface area contributed by atoms with Crippen molar-refractivity contribution in [1.29, 1.82) is 0 Å². The second-order valence-electron chi connectivity index (χ2n) is 6.68. The Morgan fingerprint density at radius 1 is 1.16 bits per heavy atom. The molecule has 0 aromatic heterocycles. The maximum atomic E-state index is 12.9. The number of nitrogens with zero attached hydrogens (tertiary/aromatic N) is 1. The number of carbonyl (C=O) groups excluding carboxylic acids is 1. The number of amides is 1. The van der Waals surface area contributed by atoms with Gasteiger partial charge in [0.2, 0.25) is 15.9 Å². The van der Waals surface area contributed by atoms with Gasteiger partial charge in [-0.3, -0.25) is 4.79 Å². The molecule has 1 aliphatic carbocycles. The second kappa shape index (κ2) is 9.29. The quantitative estimate of drug-likeness (QED) is 0.750. The van der Waals surface area contributed by atoms with Crippen LogP contribution in [-0.4, -0.2) is 44.0 Å². The Balaban J connectivity index is 1.87. The summed E-state index contributed by atoms with van der Waals surface area (Å²) in [5, 5.41) is 2.76. The molecule has 1 aliphatic rings. The molecule has 0 spiro atoms. The highest BCUT2D eigenvalue weighted by molar-refractivity contribution is 7.88. The molecule has 0 saturated heterocycles.